The summed E-state index contributed by atoms with van der Waals surface area (Å²) in [6.07, 6.45) is 1.80. The summed E-state index contributed by atoms with van der Waals surface area (Å²) in [6, 6.07) is 6.38. The van der Waals surface area contributed by atoms with E-state index in [4.69, 9.17) is 0 Å². The zero-order chi connectivity index (χ0) is 9.26. The largest absolute Gasteiger partial charge is 0.388 e. The van der Waals surface area contributed by atoms with Gasteiger partial charge in [-0.2, -0.15) is 11.8 Å². The lowest BCUT2D eigenvalue weighted by Crippen LogP contribution is -2.09. The number of hydrogen-bond donors (Lipinski definition) is 1. The van der Waals surface area contributed by atoms with Gasteiger partial charge in [0.1, 0.15) is 0 Å². The first-order chi connectivity index (χ1) is 6.31. The third-order valence-electron chi connectivity index (χ3n) is 2.25. The van der Waals surface area contributed by atoms with Crippen LogP contribution < -0.4 is 0 Å². The molecule has 0 radical (unpaired) electrons. The Kier molecular flexibility index (Phi) is 2.86. The van der Waals surface area contributed by atoms with Crippen molar-refractivity contribution >= 4 is 23.5 Å². The summed E-state index contributed by atoms with van der Waals surface area (Å²) < 4.78 is 0. The monoisotopic (exact) mass is 212 g/mol. The average molecular weight is 212 g/mol. The van der Waals surface area contributed by atoms with E-state index < -0.39 is 0 Å². The van der Waals surface area contributed by atoms with Gasteiger partial charge in [0.2, 0.25) is 0 Å². The topological polar surface area (TPSA) is 20.2 Å². The number of hydrogen-bond acceptors (Lipinski definition) is 3. The van der Waals surface area contributed by atoms with E-state index in [-0.39, 0.29) is 6.10 Å². The first kappa shape index (κ1) is 9.44. The summed E-state index contributed by atoms with van der Waals surface area (Å²) in [5.41, 5.74) is 2.42. The summed E-state index contributed by atoms with van der Waals surface area (Å²) in [5, 5.41) is 9.75. The van der Waals surface area contributed by atoms with Crippen LogP contribution in [0.25, 0.3) is 0 Å². The molecule has 0 saturated carbocycles. The molecular formula is C10H12OS2. The first-order valence-corrected chi connectivity index (χ1v) is 6.62. The Hall–Kier alpha value is -0.120. The van der Waals surface area contributed by atoms with E-state index in [2.05, 4.69) is 24.5 Å². The molecule has 1 unspecified atom stereocenters. The van der Waals surface area contributed by atoms with Crippen molar-refractivity contribution < 1.29 is 5.11 Å². The molecule has 1 nitrogen and oxygen atoms in total. The maximum Gasteiger partial charge on any atom is 0.0883 e. The summed E-state index contributed by atoms with van der Waals surface area (Å²) in [6.45, 7) is 0. The normalized spacial score (nSPS) is 21.2. The second-order valence-corrected chi connectivity index (χ2v) is 5.01. The van der Waals surface area contributed by atoms with Crippen LogP contribution in [0.3, 0.4) is 0 Å². The zero-order valence-electron chi connectivity index (χ0n) is 7.49. The number of benzene rings is 1. The van der Waals surface area contributed by atoms with Crippen molar-refractivity contribution in [2.75, 3.05) is 12.0 Å². The third kappa shape index (κ3) is 1.87. The summed E-state index contributed by atoms with van der Waals surface area (Å²) in [7, 11) is 0. The molecule has 3 heteroatoms. The molecule has 0 aliphatic carbocycles. The fraction of sp³-hybridized carbons (Fsp3) is 0.400. The molecule has 1 N–H and O–H groups in total. The average Bonchev–Trinajstić information content (AvgIpc) is 2.18. The lowest BCUT2D eigenvalue weighted by Gasteiger charge is -2.21. The molecule has 0 aromatic heterocycles. The Morgan fingerprint density at radius 1 is 1.54 bits per heavy atom. The van der Waals surface area contributed by atoms with Crippen molar-refractivity contribution in [2.45, 2.75) is 16.8 Å². The molecule has 0 bridgehead atoms. The first-order valence-electron chi connectivity index (χ1n) is 4.24. The van der Waals surface area contributed by atoms with Crippen LogP contribution in [0.2, 0.25) is 0 Å². The van der Waals surface area contributed by atoms with Gasteiger partial charge in [-0.15, -0.1) is 11.8 Å². The molecule has 70 valence electrons. The molecule has 0 amide bonds. The highest BCUT2D eigenvalue weighted by Gasteiger charge is 2.17. The summed E-state index contributed by atoms with van der Waals surface area (Å²) in [4.78, 5) is 1.24. The molecule has 1 aromatic rings. The van der Waals surface area contributed by atoms with E-state index in [0.717, 1.165) is 17.1 Å². The van der Waals surface area contributed by atoms with Crippen LogP contribution in [0.4, 0.5) is 0 Å². The van der Waals surface area contributed by atoms with Crippen LogP contribution in [-0.4, -0.2) is 17.1 Å². The van der Waals surface area contributed by atoms with Crippen LogP contribution in [0.15, 0.2) is 23.1 Å². The standard InChI is InChI=1S/C10H12OS2/c1-12-8-3-2-7-5-13-6-10(11)9(7)4-8/h2-4,10-11H,5-6H2,1H3. The molecule has 13 heavy (non-hydrogen) atoms. The van der Waals surface area contributed by atoms with Gasteiger partial charge in [-0.25, -0.2) is 0 Å². The molecule has 1 heterocycles. The van der Waals surface area contributed by atoms with Crippen molar-refractivity contribution in [3.05, 3.63) is 29.3 Å². The molecule has 1 aliphatic rings. The van der Waals surface area contributed by atoms with Crippen LogP contribution >= 0.6 is 23.5 Å². The van der Waals surface area contributed by atoms with Crippen LogP contribution in [0.5, 0.6) is 0 Å². The number of thioether (sulfide) groups is 2. The van der Waals surface area contributed by atoms with Crippen molar-refractivity contribution in [1.82, 2.24) is 0 Å². The minimum absolute atomic E-state index is 0.263. The summed E-state index contributed by atoms with van der Waals surface area (Å²) in [5.74, 6) is 1.88. The Morgan fingerprint density at radius 3 is 3.15 bits per heavy atom. The number of fused-ring (bicyclic) bond motifs is 1. The van der Waals surface area contributed by atoms with Gasteiger partial charge in [0, 0.05) is 16.4 Å². The number of aliphatic hydroxyl groups is 1. The Labute approximate surface area is 86.9 Å². The van der Waals surface area contributed by atoms with Crippen LogP contribution in [0, 0.1) is 0 Å². The zero-order valence-corrected chi connectivity index (χ0v) is 9.12. The second-order valence-electron chi connectivity index (χ2n) is 3.10. The SMILES string of the molecule is CSc1ccc2c(c1)C(O)CSC2. The Bertz CT molecular complexity index is 312. The van der Waals surface area contributed by atoms with Gasteiger partial charge < -0.3 is 5.11 Å². The smallest absolute Gasteiger partial charge is 0.0883 e. The molecule has 1 aliphatic heterocycles. The molecular weight excluding hydrogens is 200 g/mol. The van der Waals surface area contributed by atoms with Gasteiger partial charge in [0.05, 0.1) is 6.10 Å². The number of aliphatic hydroxyl groups excluding tert-OH is 1. The highest BCUT2D eigenvalue weighted by molar-refractivity contribution is 7.98. The van der Waals surface area contributed by atoms with Gasteiger partial charge in [-0.05, 0) is 29.5 Å². The van der Waals surface area contributed by atoms with Gasteiger partial charge >= 0.3 is 0 Å². The van der Waals surface area contributed by atoms with E-state index in [1.165, 1.54) is 10.5 Å². The minimum Gasteiger partial charge on any atom is -0.388 e. The molecule has 1 aromatic carbocycles. The molecule has 1 atom stereocenters. The quantitative estimate of drug-likeness (QED) is 0.723. The molecule has 0 spiro atoms. The lowest BCUT2D eigenvalue weighted by atomic mass is 10.0. The molecule has 0 saturated heterocycles. The van der Waals surface area contributed by atoms with Crippen molar-refractivity contribution in [2.24, 2.45) is 0 Å². The Morgan fingerprint density at radius 2 is 2.38 bits per heavy atom. The van der Waals surface area contributed by atoms with E-state index in [9.17, 15) is 5.11 Å². The van der Waals surface area contributed by atoms with Gasteiger partial charge in [0.15, 0.2) is 0 Å². The fourth-order valence-electron chi connectivity index (χ4n) is 1.51. The minimum atomic E-state index is -0.263. The van der Waals surface area contributed by atoms with Crippen molar-refractivity contribution in [3.63, 3.8) is 0 Å². The lowest BCUT2D eigenvalue weighted by molar-refractivity contribution is 0.201. The van der Waals surface area contributed by atoms with Gasteiger partial charge in [0.25, 0.3) is 0 Å². The van der Waals surface area contributed by atoms with Crippen molar-refractivity contribution in [1.29, 1.82) is 0 Å². The van der Waals surface area contributed by atoms with E-state index in [1.807, 2.05) is 0 Å². The van der Waals surface area contributed by atoms with E-state index >= 15 is 0 Å². The maximum atomic E-state index is 9.75. The fourth-order valence-corrected chi connectivity index (χ4v) is 2.96. The van der Waals surface area contributed by atoms with Crippen LogP contribution in [0.1, 0.15) is 17.2 Å². The third-order valence-corrected chi connectivity index (χ3v) is 4.04. The maximum absolute atomic E-state index is 9.75. The predicted octanol–water partition coefficient (Wildman–Crippen LogP) is 2.69. The van der Waals surface area contributed by atoms with Crippen molar-refractivity contribution in [3.8, 4) is 0 Å². The highest BCUT2D eigenvalue weighted by Crippen LogP contribution is 2.33. The summed E-state index contributed by atoms with van der Waals surface area (Å²) >= 11 is 3.53. The van der Waals surface area contributed by atoms with E-state index in [1.54, 1.807) is 23.5 Å². The van der Waals surface area contributed by atoms with Gasteiger partial charge in [-0.3, -0.25) is 0 Å². The molecule has 0 fully saturated rings. The van der Waals surface area contributed by atoms with Crippen LogP contribution in [-0.2, 0) is 5.75 Å². The van der Waals surface area contributed by atoms with Gasteiger partial charge in [-0.1, -0.05) is 6.07 Å². The second kappa shape index (κ2) is 3.95. The molecule has 2 rings (SSSR count). The van der Waals surface area contributed by atoms with E-state index in [0.29, 0.717) is 0 Å². The highest BCUT2D eigenvalue weighted by atomic mass is 32.2. The Balaban J connectivity index is 2.41. The predicted molar refractivity (Wildman–Crippen MR) is 59.3 cm³/mol. The number of rotatable bonds is 1.